The van der Waals surface area contributed by atoms with Crippen LogP contribution < -0.4 is 10.0 Å². The molecule has 0 aromatic carbocycles. The molecule has 1 unspecified atom stereocenters. The molecule has 37 heavy (non-hydrogen) atoms. The average molecular weight is 524 g/mol. The molecule has 0 spiro atoms. The van der Waals surface area contributed by atoms with Crippen molar-refractivity contribution in [2.75, 3.05) is 26.8 Å². The molecule has 204 valence electrons. The Morgan fingerprint density at radius 2 is 1.97 bits per heavy atom. The van der Waals surface area contributed by atoms with Gasteiger partial charge in [-0.2, -0.15) is 0 Å². The van der Waals surface area contributed by atoms with Crippen molar-refractivity contribution in [1.29, 1.82) is 0 Å². The minimum absolute atomic E-state index is 0.0440. The van der Waals surface area contributed by atoms with Crippen LogP contribution in [0.2, 0.25) is 0 Å². The van der Waals surface area contributed by atoms with Crippen LogP contribution in [0.25, 0.3) is 0 Å². The van der Waals surface area contributed by atoms with Crippen molar-refractivity contribution in [3.8, 4) is 0 Å². The van der Waals surface area contributed by atoms with Crippen molar-refractivity contribution in [2.24, 2.45) is 11.8 Å². The SMILES string of the molecule is C=C[C@H]1[C@H](O[C@@H]2O[C@H](CO)[C@@H](O)[C@H](O)[C@H]2O)OC=C(C(=O)OC)[C@H]1/C=C/C1=CC(C(=O)[O-])=C[NH+](CC)C1. The number of hydrogen-bond acceptors (Lipinski definition) is 11. The van der Waals surface area contributed by atoms with E-state index in [0.717, 1.165) is 11.2 Å². The second kappa shape index (κ2) is 12.6. The van der Waals surface area contributed by atoms with Gasteiger partial charge in [-0.15, -0.1) is 6.58 Å². The van der Waals surface area contributed by atoms with Gasteiger partial charge in [-0.3, -0.25) is 0 Å². The van der Waals surface area contributed by atoms with E-state index in [4.69, 9.17) is 18.9 Å². The number of aliphatic hydroxyl groups excluding tert-OH is 4. The normalized spacial score (nSPS) is 36.2. The van der Waals surface area contributed by atoms with Crippen LogP contribution in [0.15, 0.2) is 60.1 Å². The number of carboxylic acid groups (broad SMARTS) is 1. The molecule has 0 radical (unpaired) electrons. The molecule has 3 aliphatic heterocycles. The summed E-state index contributed by atoms with van der Waals surface area (Å²) in [6.45, 7) is 6.25. The third-order valence-electron chi connectivity index (χ3n) is 6.57. The fraction of sp³-hybridized carbons (Fsp3) is 0.520. The number of rotatable bonds is 9. The number of methoxy groups -OCH3 is 1. The molecule has 3 heterocycles. The Bertz CT molecular complexity index is 985. The van der Waals surface area contributed by atoms with E-state index >= 15 is 0 Å². The lowest BCUT2D eigenvalue weighted by molar-refractivity contribution is -0.840. The summed E-state index contributed by atoms with van der Waals surface area (Å²) in [6, 6.07) is 0. The molecule has 0 amide bonds. The van der Waals surface area contributed by atoms with Crippen molar-refractivity contribution >= 4 is 11.9 Å². The predicted molar refractivity (Wildman–Crippen MR) is 124 cm³/mol. The fourth-order valence-corrected chi connectivity index (χ4v) is 4.42. The van der Waals surface area contributed by atoms with Crippen molar-refractivity contribution in [3.63, 3.8) is 0 Å². The largest absolute Gasteiger partial charge is 0.545 e. The van der Waals surface area contributed by atoms with Gasteiger partial charge in [-0.1, -0.05) is 18.2 Å². The Labute approximate surface area is 214 Å². The van der Waals surface area contributed by atoms with Gasteiger partial charge in [0.2, 0.25) is 6.29 Å². The summed E-state index contributed by atoms with van der Waals surface area (Å²) in [4.78, 5) is 24.8. The second-order valence-electron chi connectivity index (χ2n) is 8.90. The Kier molecular flexibility index (Phi) is 9.79. The van der Waals surface area contributed by atoms with Gasteiger partial charge in [0.15, 0.2) is 6.29 Å². The number of carbonyl (C=O) groups excluding carboxylic acids is 2. The Morgan fingerprint density at radius 1 is 1.24 bits per heavy atom. The van der Waals surface area contributed by atoms with Crippen LogP contribution in [0, 0.1) is 11.8 Å². The van der Waals surface area contributed by atoms with Crippen molar-refractivity contribution in [2.45, 2.75) is 43.9 Å². The van der Waals surface area contributed by atoms with Crippen LogP contribution in [0.4, 0.5) is 0 Å². The maximum atomic E-state index is 12.5. The van der Waals surface area contributed by atoms with Crippen LogP contribution >= 0.6 is 0 Å². The first-order chi connectivity index (χ1) is 17.6. The number of likely N-dealkylation sites (N-methyl/N-ethyl adjacent to an activating group) is 1. The zero-order chi connectivity index (χ0) is 27.3. The maximum Gasteiger partial charge on any atom is 0.337 e. The molecule has 9 atom stereocenters. The zero-order valence-electron chi connectivity index (χ0n) is 20.6. The van der Waals surface area contributed by atoms with Crippen molar-refractivity contribution in [1.82, 2.24) is 0 Å². The van der Waals surface area contributed by atoms with Crippen molar-refractivity contribution in [3.05, 3.63) is 60.1 Å². The van der Waals surface area contributed by atoms with Crippen LogP contribution in [-0.2, 0) is 28.5 Å². The van der Waals surface area contributed by atoms with Gasteiger partial charge in [0.25, 0.3) is 0 Å². The summed E-state index contributed by atoms with van der Waals surface area (Å²) in [7, 11) is 1.21. The summed E-state index contributed by atoms with van der Waals surface area (Å²) >= 11 is 0. The number of aliphatic carboxylic acids is 1. The molecule has 12 heteroatoms. The molecule has 0 bridgehead atoms. The molecule has 0 aromatic heterocycles. The summed E-state index contributed by atoms with van der Waals surface area (Å²) in [5.74, 6) is -3.38. The number of ether oxygens (including phenoxy) is 4. The number of esters is 1. The van der Waals surface area contributed by atoms with E-state index in [1.165, 1.54) is 19.3 Å². The second-order valence-corrected chi connectivity index (χ2v) is 8.90. The lowest BCUT2D eigenvalue weighted by atomic mass is 9.83. The number of allylic oxidation sites excluding steroid dienone is 1. The number of carbonyl (C=O) groups is 2. The van der Waals surface area contributed by atoms with Gasteiger partial charge in [0, 0.05) is 11.5 Å². The summed E-state index contributed by atoms with van der Waals surface area (Å²) < 4.78 is 21.7. The Hall–Kier alpha value is -2.84. The minimum atomic E-state index is -1.66. The van der Waals surface area contributed by atoms with E-state index in [1.807, 2.05) is 6.92 Å². The van der Waals surface area contributed by atoms with Crippen LogP contribution in [0.1, 0.15) is 6.92 Å². The van der Waals surface area contributed by atoms with Crippen LogP contribution in [-0.4, -0.2) is 96.2 Å². The molecule has 0 saturated carbocycles. The molecule has 0 aliphatic carbocycles. The Balaban J connectivity index is 1.88. The van der Waals surface area contributed by atoms with Crippen molar-refractivity contribution < 1.29 is 59.0 Å². The number of nitrogens with one attached hydrogen (secondary N) is 1. The van der Waals surface area contributed by atoms with Gasteiger partial charge in [0.05, 0.1) is 49.6 Å². The molecule has 1 fully saturated rings. The first-order valence-corrected chi connectivity index (χ1v) is 11.8. The van der Waals surface area contributed by atoms with E-state index in [2.05, 4.69) is 6.58 Å². The van der Waals surface area contributed by atoms with E-state index in [-0.39, 0.29) is 11.1 Å². The van der Waals surface area contributed by atoms with E-state index in [9.17, 15) is 35.1 Å². The number of aliphatic hydroxyl groups is 4. The predicted octanol–water partition coefficient (Wildman–Crippen LogP) is -3.33. The fourth-order valence-electron chi connectivity index (χ4n) is 4.42. The molecule has 1 saturated heterocycles. The molecule has 3 rings (SSSR count). The quantitative estimate of drug-likeness (QED) is 0.151. The molecular formula is C25H33NO11. The topological polar surface area (TPSA) is 179 Å². The lowest BCUT2D eigenvalue weighted by Crippen LogP contribution is -3.08. The third kappa shape index (κ3) is 6.36. The monoisotopic (exact) mass is 523 g/mol. The van der Waals surface area contributed by atoms with E-state index < -0.39 is 67.4 Å². The van der Waals surface area contributed by atoms with Gasteiger partial charge >= 0.3 is 5.97 Å². The number of hydrogen-bond donors (Lipinski definition) is 5. The summed E-state index contributed by atoms with van der Waals surface area (Å²) in [5.41, 5.74) is 0.870. The first-order valence-electron chi connectivity index (χ1n) is 11.8. The third-order valence-corrected chi connectivity index (χ3v) is 6.57. The van der Waals surface area contributed by atoms with E-state index in [0.29, 0.717) is 18.7 Å². The highest BCUT2D eigenvalue weighted by Crippen LogP contribution is 2.36. The molecule has 5 N–H and O–H groups in total. The van der Waals surface area contributed by atoms with E-state index in [1.54, 1.807) is 18.4 Å². The zero-order valence-corrected chi connectivity index (χ0v) is 20.6. The van der Waals surface area contributed by atoms with Gasteiger partial charge in [0.1, 0.15) is 37.2 Å². The Morgan fingerprint density at radius 3 is 2.57 bits per heavy atom. The number of carboxylic acids is 1. The number of quaternary nitrogens is 1. The standard InChI is InChI=1S/C25H33NO11/c1-4-15-16(7-6-13-8-14(22(31)32)10-26(5-2)9-13)17(23(33)34-3)12-35-24(15)37-25-21(30)20(29)19(28)18(11-27)36-25/h4,6-8,10,12,15-16,18-21,24-25,27-30H,1,5,9,11H2,2-3H3,(H,31,32)/b7-6+/t15-,16+,18-,19-,20+,21-,24+,25+/m1/s1. The lowest BCUT2D eigenvalue weighted by Gasteiger charge is -2.42. The van der Waals surface area contributed by atoms with Gasteiger partial charge in [-0.25, -0.2) is 4.79 Å². The molecular weight excluding hydrogens is 490 g/mol. The van der Waals surface area contributed by atoms with Crippen LogP contribution in [0.5, 0.6) is 0 Å². The highest BCUT2D eigenvalue weighted by atomic mass is 16.8. The average Bonchev–Trinajstić information content (AvgIpc) is 2.91. The van der Waals surface area contributed by atoms with Crippen LogP contribution in [0.3, 0.4) is 0 Å². The molecule has 3 aliphatic rings. The van der Waals surface area contributed by atoms with Gasteiger partial charge < -0.3 is 54.2 Å². The van der Waals surface area contributed by atoms with Gasteiger partial charge in [-0.05, 0) is 13.0 Å². The summed E-state index contributed by atoms with van der Waals surface area (Å²) in [6.07, 6.45) is 0.414. The molecule has 0 aromatic rings. The highest BCUT2D eigenvalue weighted by molar-refractivity contribution is 5.89. The molecule has 12 nitrogen and oxygen atoms in total. The minimum Gasteiger partial charge on any atom is -0.545 e. The summed E-state index contributed by atoms with van der Waals surface area (Å²) in [5, 5.41) is 51.3. The highest BCUT2D eigenvalue weighted by Gasteiger charge is 2.47. The first kappa shape index (κ1) is 28.7. The maximum absolute atomic E-state index is 12.5. The smallest absolute Gasteiger partial charge is 0.337 e.